The summed E-state index contributed by atoms with van der Waals surface area (Å²) in [6, 6.07) is 6.18. The number of carboxylic acid groups (broad SMARTS) is 1. The summed E-state index contributed by atoms with van der Waals surface area (Å²) >= 11 is 0. The molecular weight excluding hydrogens is 293 g/mol. The van der Waals surface area contributed by atoms with Crippen molar-refractivity contribution < 1.29 is 14.3 Å². The first-order valence-electron chi connectivity index (χ1n) is 8.47. The molecule has 0 unspecified atom stereocenters. The Bertz CT molecular complexity index is 598. The molecule has 0 bridgehead atoms. The van der Waals surface area contributed by atoms with Gasteiger partial charge in [0.25, 0.3) is 0 Å². The van der Waals surface area contributed by atoms with E-state index in [1.807, 2.05) is 6.07 Å². The molecule has 0 aromatic heterocycles. The molecule has 1 aromatic carbocycles. The second kappa shape index (κ2) is 7.59. The van der Waals surface area contributed by atoms with Crippen LogP contribution in [0.15, 0.2) is 18.2 Å². The van der Waals surface area contributed by atoms with E-state index in [-0.39, 0.29) is 5.56 Å². The Kier molecular flexibility index (Phi) is 5.76. The normalized spacial score (nSPS) is 24.1. The summed E-state index contributed by atoms with van der Waals surface area (Å²) in [6.07, 6.45) is 7.34. The van der Waals surface area contributed by atoms with Crippen LogP contribution >= 0.6 is 0 Å². The maximum atomic E-state index is 13.9. The Labute approximate surface area is 137 Å². The third kappa shape index (κ3) is 3.55. The third-order valence-electron chi connectivity index (χ3n) is 5.23. The van der Waals surface area contributed by atoms with Crippen LogP contribution in [0.5, 0.6) is 0 Å². The smallest absolute Gasteiger partial charge is 0.314 e. The molecule has 0 spiro atoms. The van der Waals surface area contributed by atoms with Crippen LogP contribution in [0.3, 0.4) is 0 Å². The Morgan fingerprint density at radius 2 is 2.09 bits per heavy atom. The molecule has 23 heavy (non-hydrogen) atoms. The maximum Gasteiger partial charge on any atom is 0.314 e. The highest BCUT2D eigenvalue weighted by Gasteiger charge is 2.45. The lowest BCUT2D eigenvalue weighted by Gasteiger charge is -2.37. The highest BCUT2D eigenvalue weighted by Crippen LogP contribution is 2.44. The van der Waals surface area contributed by atoms with Crippen LogP contribution in [-0.2, 0) is 10.2 Å². The van der Waals surface area contributed by atoms with E-state index in [1.165, 1.54) is 31.4 Å². The van der Waals surface area contributed by atoms with E-state index in [4.69, 9.17) is 0 Å². The summed E-state index contributed by atoms with van der Waals surface area (Å²) < 4.78 is 13.9. The van der Waals surface area contributed by atoms with E-state index in [1.54, 1.807) is 6.07 Å². The minimum atomic E-state index is -1.12. The van der Waals surface area contributed by atoms with Crippen LogP contribution in [0.1, 0.15) is 69.4 Å². The van der Waals surface area contributed by atoms with Gasteiger partial charge in [0, 0.05) is 0 Å². The first-order chi connectivity index (χ1) is 11.0. The lowest BCUT2D eigenvalue weighted by Crippen LogP contribution is -2.40. The average molecular weight is 317 g/mol. The highest BCUT2D eigenvalue weighted by atomic mass is 19.1. The summed E-state index contributed by atoms with van der Waals surface area (Å²) in [4.78, 5) is 12.0. The molecule has 1 aromatic rings. The average Bonchev–Trinajstić information content (AvgIpc) is 2.55. The molecule has 0 heterocycles. The summed E-state index contributed by atoms with van der Waals surface area (Å²) in [6.45, 7) is 2.17. The number of hydrogen-bond donors (Lipinski definition) is 1. The zero-order valence-corrected chi connectivity index (χ0v) is 13.6. The summed E-state index contributed by atoms with van der Waals surface area (Å²) in [5.74, 6) is -1.02. The standard InChI is InChI=1S/C19H24FNO2/c1-2-3-4-6-14-9-11-19(12-10-14,18(22)23)16-7-5-8-17(20)15(16)13-21/h5,7-8,14H,2-4,6,9-12H2,1H3,(H,22,23). The van der Waals surface area contributed by atoms with Crippen LogP contribution in [-0.4, -0.2) is 11.1 Å². The number of halogens is 1. The number of hydrogen-bond acceptors (Lipinski definition) is 2. The van der Waals surface area contributed by atoms with E-state index in [0.717, 1.165) is 19.3 Å². The molecule has 0 aliphatic heterocycles. The molecular formula is C19H24FNO2. The Balaban J connectivity index is 2.23. The van der Waals surface area contributed by atoms with Crippen molar-refractivity contribution in [2.45, 2.75) is 63.7 Å². The van der Waals surface area contributed by atoms with Gasteiger partial charge in [0.15, 0.2) is 0 Å². The number of carbonyl (C=O) groups is 1. The van der Waals surface area contributed by atoms with Gasteiger partial charge in [-0.05, 0) is 43.2 Å². The van der Waals surface area contributed by atoms with Crippen molar-refractivity contribution in [3.05, 3.63) is 35.1 Å². The molecule has 0 amide bonds. The Morgan fingerprint density at radius 3 is 2.65 bits per heavy atom. The van der Waals surface area contributed by atoms with Crippen LogP contribution in [0.4, 0.5) is 4.39 Å². The van der Waals surface area contributed by atoms with Crippen molar-refractivity contribution in [3.8, 4) is 6.07 Å². The molecule has 0 saturated heterocycles. The minimum Gasteiger partial charge on any atom is -0.481 e. The van der Waals surface area contributed by atoms with E-state index in [9.17, 15) is 19.6 Å². The van der Waals surface area contributed by atoms with Gasteiger partial charge >= 0.3 is 5.97 Å². The zero-order chi connectivity index (χ0) is 16.9. The Morgan fingerprint density at radius 1 is 1.39 bits per heavy atom. The fourth-order valence-corrected chi connectivity index (χ4v) is 3.78. The number of aliphatic carboxylic acids is 1. The minimum absolute atomic E-state index is 0.112. The predicted octanol–water partition coefficient (Wildman–Crippen LogP) is 4.79. The van der Waals surface area contributed by atoms with Gasteiger partial charge in [-0.1, -0.05) is 44.7 Å². The van der Waals surface area contributed by atoms with Crippen molar-refractivity contribution in [3.63, 3.8) is 0 Å². The van der Waals surface area contributed by atoms with Crippen LogP contribution < -0.4 is 0 Å². The fraction of sp³-hybridized carbons (Fsp3) is 0.579. The van der Waals surface area contributed by atoms with E-state index >= 15 is 0 Å². The van der Waals surface area contributed by atoms with Gasteiger partial charge in [-0.25, -0.2) is 4.39 Å². The third-order valence-corrected chi connectivity index (χ3v) is 5.23. The van der Waals surface area contributed by atoms with Gasteiger partial charge in [0.1, 0.15) is 11.9 Å². The van der Waals surface area contributed by atoms with Gasteiger partial charge in [0.05, 0.1) is 11.0 Å². The second-order valence-corrected chi connectivity index (χ2v) is 6.60. The van der Waals surface area contributed by atoms with Gasteiger partial charge in [-0.15, -0.1) is 0 Å². The van der Waals surface area contributed by atoms with Crippen molar-refractivity contribution in [2.75, 3.05) is 0 Å². The van der Waals surface area contributed by atoms with Gasteiger partial charge in [0.2, 0.25) is 0 Å². The molecule has 1 saturated carbocycles. The summed E-state index contributed by atoms with van der Waals surface area (Å²) in [7, 11) is 0. The summed E-state index contributed by atoms with van der Waals surface area (Å²) in [5, 5.41) is 19.1. The molecule has 4 heteroatoms. The lowest BCUT2D eigenvalue weighted by molar-refractivity contribution is -0.145. The van der Waals surface area contributed by atoms with E-state index in [2.05, 4.69) is 6.92 Å². The molecule has 1 aliphatic rings. The molecule has 124 valence electrons. The van der Waals surface area contributed by atoms with Gasteiger partial charge in [-0.3, -0.25) is 4.79 Å². The molecule has 2 rings (SSSR count). The number of benzene rings is 1. The molecule has 1 N–H and O–H groups in total. The highest BCUT2D eigenvalue weighted by molar-refractivity contribution is 5.82. The molecule has 0 atom stereocenters. The predicted molar refractivity (Wildman–Crippen MR) is 86.5 cm³/mol. The quantitative estimate of drug-likeness (QED) is 0.767. The van der Waals surface area contributed by atoms with Crippen molar-refractivity contribution in [1.82, 2.24) is 0 Å². The van der Waals surface area contributed by atoms with E-state index < -0.39 is 17.2 Å². The number of carboxylic acids is 1. The first kappa shape index (κ1) is 17.5. The largest absolute Gasteiger partial charge is 0.481 e. The zero-order valence-electron chi connectivity index (χ0n) is 13.6. The van der Waals surface area contributed by atoms with Gasteiger partial charge in [-0.2, -0.15) is 5.26 Å². The molecule has 3 nitrogen and oxygen atoms in total. The van der Waals surface area contributed by atoms with E-state index in [0.29, 0.717) is 24.3 Å². The van der Waals surface area contributed by atoms with Crippen LogP contribution in [0, 0.1) is 23.1 Å². The Hall–Kier alpha value is -1.89. The number of nitriles is 1. The SMILES string of the molecule is CCCCCC1CCC(C(=O)O)(c2cccc(F)c2C#N)CC1. The van der Waals surface area contributed by atoms with Crippen molar-refractivity contribution in [1.29, 1.82) is 5.26 Å². The molecule has 0 radical (unpaired) electrons. The maximum absolute atomic E-state index is 13.9. The molecule has 1 fully saturated rings. The topological polar surface area (TPSA) is 61.1 Å². The first-order valence-corrected chi connectivity index (χ1v) is 8.47. The van der Waals surface area contributed by atoms with Crippen LogP contribution in [0.25, 0.3) is 0 Å². The fourth-order valence-electron chi connectivity index (χ4n) is 3.78. The number of rotatable bonds is 6. The second-order valence-electron chi connectivity index (χ2n) is 6.60. The number of nitrogens with zero attached hydrogens (tertiary/aromatic N) is 1. The summed E-state index contributed by atoms with van der Waals surface area (Å²) in [5.41, 5.74) is -0.882. The molecule has 1 aliphatic carbocycles. The van der Waals surface area contributed by atoms with Crippen LogP contribution in [0.2, 0.25) is 0 Å². The van der Waals surface area contributed by atoms with Crippen molar-refractivity contribution in [2.24, 2.45) is 5.92 Å². The van der Waals surface area contributed by atoms with Crippen molar-refractivity contribution >= 4 is 5.97 Å². The lowest BCUT2D eigenvalue weighted by atomic mass is 9.65. The van der Waals surface area contributed by atoms with Gasteiger partial charge < -0.3 is 5.11 Å². The number of unbranched alkanes of at least 4 members (excludes halogenated alkanes) is 2. The monoisotopic (exact) mass is 317 g/mol.